The Morgan fingerprint density at radius 3 is 2.64 bits per heavy atom. The molecule has 6 nitrogen and oxygen atoms in total. The molecule has 0 atom stereocenters. The quantitative estimate of drug-likeness (QED) is 0.230. The largest absolute Gasteiger partial charge is 0.370 e. The number of nitrogens with zero attached hydrogens (tertiary/aromatic N) is 1. The molecule has 0 radical (unpaired) electrons. The first-order valence-corrected chi connectivity index (χ1v) is 9.28. The zero-order valence-electron chi connectivity index (χ0n) is 12.5. The van der Waals surface area contributed by atoms with Crippen LogP contribution in [0.2, 0.25) is 4.34 Å². The lowest BCUT2D eigenvalue weighted by Crippen LogP contribution is -2.38. The number of nitrogens with two attached hydrogens (primary N) is 1. The molecule has 1 rings (SSSR count). The molecule has 0 amide bonds. The Morgan fingerprint density at radius 1 is 1.41 bits per heavy atom. The van der Waals surface area contributed by atoms with Crippen molar-refractivity contribution in [3.8, 4) is 0 Å². The van der Waals surface area contributed by atoms with Gasteiger partial charge in [-0.3, -0.25) is 4.99 Å². The molecule has 0 bridgehead atoms. The Labute approximate surface area is 158 Å². The van der Waals surface area contributed by atoms with Gasteiger partial charge in [0.25, 0.3) is 0 Å². The van der Waals surface area contributed by atoms with E-state index in [4.69, 9.17) is 17.3 Å². The lowest BCUT2D eigenvalue weighted by atomic mass is 10.1. The fourth-order valence-electron chi connectivity index (χ4n) is 1.39. The predicted octanol–water partition coefficient (Wildman–Crippen LogP) is 2.25. The lowest BCUT2D eigenvalue weighted by Gasteiger charge is -2.07. The van der Waals surface area contributed by atoms with Crippen molar-refractivity contribution in [2.45, 2.75) is 24.5 Å². The van der Waals surface area contributed by atoms with E-state index in [2.05, 4.69) is 28.9 Å². The second-order valence-electron chi connectivity index (χ2n) is 4.83. The number of hydrogen-bond donors (Lipinski definition) is 3. The smallest absolute Gasteiger partial charge is 0.250 e. The summed E-state index contributed by atoms with van der Waals surface area (Å²) in [7, 11) is -3.50. The molecule has 10 heteroatoms. The fourth-order valence-corrected chi connectivity index (χ4v) is 3.95. The highest BCUT2D eigenvalue weighted by Crippen LogP contribution is 2.24. The number of nitrogens with one attached hydrogen (secondary N) is 2. The molecular weight excluding hydrogens is 459 g/mol. The van der Waals surface area contributed by atoms with E-state index in [-0.39, 0.29) is 34.7 Å². The minimum absolute atomic E-state index is 0. The summed E-state index contributed by atoms with van der Waals surface area (Å²) in [4.78, 5) is 4.15. The van der Waals surface area contributed by atoms with Crippen molar-refractivity contribution in [2.75, 3.05) is 19.6 Å². The van der Waals surface area contributed by atoms with E-state index in [0.29, 0.717) is 29.3 Å². The second-order valence-corrected chi connectivity index (χ2v) is 8.54. The molecule has 0 fully saturated rings. The van der Waals surface area contributed by atoms with Gasteiger partial charge in [-0.1, -0.05) is 25.4 Å². The molecule has 0 spiro atoms. The van der Waals surface area contributed by atoms with Crippen LogP contribution >= 0.6 is 46.9 Å². The number of thiophene rings is 1. The average molecular weight is 481 g/mol. The molecule has 0 aliphatic heterocycles. The number of guanidine groups is 1. The van der Waals surface area contributed by atoms with Crippen LogP contribution in [0.3, 0.4) is 0 Å². The molecule has 0 aliphatic carbocycles. The molecule has 0 saturated heterocycles. The molecule has 1 aromatic rings. The van der Waals surface area contributed by atoms with Crippen molar-refractivity contribution in [3.05, 3.63) is 16.5 Å². The second kappa shape index (κ2) is 10.6. The summed E-state index contributed by atoms with van der Waals surface area (Å²) in [6.45, 7) is 5.49. The fraction of sp³-hybridized carbons (Fsp3) is 0.583. The third kappa shape index (κ3) is 8.51. The van der Waals surface area contributed by atoms with Gasteiger partial charge in [0, 0.05) is 19.6 Å². The predicted molar refractivity (Wildman–Crippen MR) is 104 cm³/mol. The third-order valence-electron chi connectivity index (χ3n) is 2.53. The summed E-state index contributed by atoms with van der Waals surface area (Å²) < 4.78 is 26.9. The van der Waals surface area contributed by atoms with Gasteiger partial charge in [-0.25, -0.2) is 13.1 Å². The molecule has 1 aromatic heterocycles. The van der Waals surface area contributed by atoms with Crippen LogP contribution in [0, 0.1) is 5.92 Å². The van der Waals surface area contributed by atoms with Gasteiger partial charge in [0.1, 0.15) is 4.21 Å². The maximum absolute atomic E-state index is 11.9. The summed E-state index contributed by atoms with van der Waals surface area (Å²) in [5, 5.41) is 2.86. The van der Waals surface area contributed by atoms with Crippen LogP contribution in [-0.4, -0.2) is 34.0 Å². The Bertz CT molecular complexity index is 575. The van der Waals surface area contributed by atoms with E-state index in [1.54, 1.807) is 6.07 Å². The highest BCUT2D eigenvalue weighted by Gasteiger charge is 2.15. The topological polar surface area (TPSA) is 96.6 Å². The van der Waals surface area contributed by atoms with Gasteiger partial charge in [0.15, 0.2) is 5.96 Å². The number of rotatable bonds is 8. The lowest BCUT2D eigenvalue weighted by molar-refractivity contribution is 0.582. The summed E-state index contributed by atoms with van der Waals surface area (Å²) >= 11 is 6.74. The number of aliphatic imine (C=N–C) groups is 1. The first kappa shape index (κ1) is 21.9. The molecule has 1 heterocycles. The highest BCUT2D eigenvalue weighted by atomic mass is 127. The molecule has 0 aromatic carbocycles. The van der Waals surface area contributed by atoms with E-state index in [9.17, 15) is 8.42 Å². The van der Waals surface area contributed by atoms with Gasteiger partial charge >= 0.3 is 0 Å². The van der Waals surface area contributed by atoms with Gasteiger partial charge in [0.2, 0.25) is 10.0 Å². The minimum Gasteiger partial charge on any atom is -0.370 e. The summed E-state index contributed by atoms with van der Waals surface area (Å²) in [6, 6.07) is 3.03. The van der Waals surface area contributed by atoms with Crippen LogP contribution in [0.25, 0.3) is 0 Å². The Hall–Kier alpha value is -0.1000. The maximum Gasteiger partial charge on any atom is 0.250 e. The Balaban J connectivity index is 0.00000441. The average Bonchev–Trinajstić information content (AvgIpc) is 2.82. The molecule has 22 heavy (non-hydrogen) atoms. The molecule has 4 N–H and O–H groups in total. The molecule has 0 saturated carbocycles. The summed E-state index contributed by atoms with van der Waals surface area (Å²) in [6.07, 6.45) is 0.966. The summed E-state index contributed by atoms with van der Waals surface area (Å²) in [5.41, 5.74) is 5.67. The molecule has 0 aliphatic rings. The van der Waals surface area contributed by atoms with E-state index in [0.717, 1.165) is 17.8 Å². The van der Waals surface area contributed by atoms with Crippen LogP contribution in [0.1, 0.15) is 20.3 Å². The van der Waals surface area contributed by atoms with Crippen molar-refractivity contribution in [3.63, 3.8) is 0 Å². The molecular formula is C12H22ClIN4O2S2. The zero-order valence-corrected chi connectivity index (χ0v) is 17.2. The van der Waals surface area contributed by atoms with Crippen LogP contribution in [0.4, 0.5) is 0 Å². The first-order valence-electron chi connectivity index (χ1n) is 6.60. The van der Waals surface area contributed by atoms with E-state index in [1.807, 2.05) is 0 Å². The Kier molecular flexibility index (Phi) is 10.6. The SMILES string of the molecule is CC(C)CCN=C(N)NCCNS(=O)(=O)c1ccc(Cl)s1.I. The zero-order chi connectivity index (χ0) is 15.9. The van der Waals surface area contributed by atoms with Crippen molar-refractivity contribution in [1.29, 1.82) is 0 Å². The number of sulfonamides is 1. The van der Waals surface area contributed by atoms with Crippen LogP contribution in [0.5, 0.6) is 0 Å². The standard InChI is InChI=1S/C12H21ClN4O2S2.HI/c1-9(2)5-6-15-12(14)16-7-8-17-21(18,19)11-4-3-10(13)20-11;/h3-4,9,17H,5-8H2,1-2H3,(H3,14,15,16);1H. The maximum atomic E-state index is 11.9. The molecule has 0 unspecified atom stereocenters. The van der Waals surface area contributed by atoms with Gasteiger partial charge in [-0.15, -0.1) is 35.3 Å². The third-order valence-corrected chi connectivity index (χ3v) is 5.71. The Morgan fingerprint density at radius 2 is 2.09 bits per heavy atom. The minimum atomic E-state index is -3.50. The van der Waals surface area contributed by atoms with E-state index >= 15 is 0 Å². The van der Waals surface area contributed by atoms with Crippen molar-refractivity contribution >= 4 is 62.9 Å². The molecule has 128 valence electrons. The van der Waals surface area contributed by atoms with Gasteiger partial charge in [0.05, 0.1) is 4.34 Å². The van der Waals surface area contributed by atoms with Crippen LogP contribution in [0.15, 0.2) is 21.3 Å². The van der Waals surface area contributed by atoms with Crippen molar-refractivity contribution in [1.82, 2.24) is 10.0 Å². The van der Waals surface area contributed by atoms with Gasteiger partial charge in [-0.2, -0.15) is 0 Å². The van der Waals surface area contributed by atoms with Gasteiger partial charge < -0.3 is 11.1 Å². The van der Waals surface area contributed by atoms with Crippen molar-refractivity contribution < 1.29 is 8.42 Å². The summed E-state index contributed by atoms with van der Waals surface area (Å²) in [5.74, 6) is 0.903. The number of hydrogen-bond acceptors (Lipinski definition) is 4. The van der Waals surface area contributed by atoms with Crippen LogP contribution < -0.4 is 15.8 Å². The van der Waals surface area contributed by atoms with Crippen molar-refractivity contribution in [2.24, 2.45) is 16.6 Å². The van der Waals surface area contributed by atoms with Gasteiger partial charge in [-0.05, 0) is 24.5 Å². The number of halogens is 2. The normalized spacial score (nSPS) is 12.3. The van der Waals surface area contributed by atoms with E-state index < -0.39 is 10.0 Å². The monoisotopic (exact) mass is 480 g/mol. The first-order chi connectivity index (χ1) is 9.81. The highest BCUT2D eigenvalue weighted by molar-refractivity contribution is 14.0. The van der Waals surface area contributed by atoms with E-state index in [1.165, 1.54) is 6.07 Å². The van der Waals surface area contributed by atoms with Crippen LogP contribution in [-0.2, 0) is 10.0 Å².